The summed E-state index contributed by atoms with van der Waals surface area (Å²) in [5.41, 5.74) is 3.28. The third-order valence-electron chi connectivity index (χ3n) is 3.37. The SMILES string of the molecule is CN(C)CCNc1ccc2oc(-c3ccc(F)cc3)nc2c1. The largest absolute Gasteiger partial charge is 0.436 e. The van der Waals surface area contributed by atoms with Crippen LogP contribution in [0.25, 0.3) is 22.6 Å². The molecule has 0 aliphatic heterocycles. The van der Waals surface area contributed by atoms with E-state index in [1.54, 1.807) is 12.1 Å². The maximum absolute atomic E-state index is 13.0. The molecule has 0 amide bonds. The van der Waals surface area contributed by atoms with Crippen LogP contribution in [0.2, 0.25) is 0 Å². The summed E-state index contributed by atoms with van der Waals surface area (Å²) in [5.74, 6) is 0.229. The molecular weight excluding hydrogens is 281 g/mol. The zero-order valence-corrected chi connectivity index (χ0v) is 12.6. The van der Waals surface area contributed by atoms with Crippen molar-refractivity contribution in [3.05, 3.63) is 48.3 Å². The van der Waals surface area contributed by atoms with E-state index in [1.807, 2.05) is 32.3 Å². The Kier molecular flexibility index (Phi) is 4.06. The van der Waals surface area contributed by atoms with Gasteiger partial charge in [-0.2, -0.15) is 0 Å². The van der Waals surface area contributed by atoms with Gasteiger partial charge in [0.05, 0.1) is 0 Å². The van der Waals surface area contributed by atoms with Gasteiger partial charge in [-0.05, 0) is 56.6 Å². The molecule has 3 rings (SSSR count). The summed E-state index contributed by atoms with van der Waals surface area (Å²) in [7, 11) is 4.08. The number of aromatic nitrogens is 1. The Hall–Kier alpha value is -2.40. The van der Waals surface area contributed by atoms with Crippen LogP contribution in [0.4, 0.5) is 10.1 Å². The lowest BCUT2D eigenvalue weighted by atomic mass is 10.2. The zero-order chi connectivity index (χ0) is 15.5. The number of hydrogen-bond donors (Lipinski definition) is 1. The molecule has 2 aromatic carbocycles. The first-order valence-electron chi connectivity index (χ1n) is 7.17. The van der Waals surface area contributed by atoms with Crippen LogP contribution in [0, 0.1) is 5.82 Å². The molecule has 4 nitrogen and oxygen atoms in total. The zero-order valence-electron chi connectivity index (χ0n) is 12.6. The molecule has 22 heavy (non-hydrogen) atoms. The molecule has 0 aliphatic carbocycles. The number of oxazole rings is 1. The Labute approximate surface area is 128 Å². The minimum atomic E-state index is -0.271. The molecule has 1 aromatic heterocycles. The highest BCUT2D eigenvalue weighted by Gasteiger charge is 2.09. The number of nitrogens with zero attached hydrogens (tertiary/aromatic N) is 2. The number of hydrogen-bond acceptors (Lipinski definition) is 4. The van der Waals surface area contributed by atoms with Gasteiger partial charge in [0, 0.05) is 24.3 Å². The van der Waals surface area contributed by atoms with Gasteiger partial charge < -0.3 is 14.6 Å². The van der Waals surface area contributed by atoms with Gasteiger partial charge in [0.25, 0.3) is 0 Å². The van der Waals surface area contributed by atoms with E-state index < -0.39 is 0 Å². The molecule has 0 bridgehead atoms. The van der Waals surface area contributed by atoms with Gasteiger partial charge >= 0.3 is 0 Å². The van der Waals surface area contributed by atoms with Gasteiger partial charge in [-0.25, -0.2) is 9.37 Å². The van der Waals surface area contributed by atoms with Gasteiger partial charge in [-0.15, -0.1) is 0 Å². The Morgan fingerprint density at radius 2 is 1.91 bits per heavy atom. The van der Waals surface area contributed by atoms with E-state index in [9.17, 15) is 4.39 Å². The second kappa shape index (κ2) is 6.15. The molecule has 0 atom stereocenters. The van der Waals surface area contributed by atoms with E-state index in [4.69, 9.17) is 4.42 Å². The number of nitrogens with one attached hydrogen (secondary N) is 1. The smallest absolute Gasteiger partial charge is 0.227 e. The summed E-state index contributed by atoms with van der Waals surface area (Å²) in [6, 6.07) is 12.0. The van der Waals surface area contributed by atoms with Gasteiger partial charge in [0.1, 0.15) is 11.3 Å². The van der Waals surface area contributed by atoms with Crippen LogP contribution in [0.15, 0.2) is 46.9 Å². The van der Waals surface area contributed by atoms with Crippen LogP contribution in [0.5, 0.6) is 0 Å². The lowest BCUT2D eigenvalue weighted by Gasteiger charge is -2.10. The van der Waals surface area contributed by atoms with E-state index >= 15 is 0 Å². The van der Waals surface area contributed by atoms with E-state index in [1.165, 1.54) is 12.1 Å². The monoisotopic (exact) mass is 299 g/mol. The van der Waals surface area contributed by atoms with Crippen LogP contribution in [0.1, 0.15) is 0 Å². The molecule has 0 spiro atoms. The molecule has 0 fully saturated rings. The van der Waals surface area contributed by atoms with Gasteiger partial charge in [-0.1, -0.05) is 0 Å². The lowest BCUT2D eigenvalue weighted by Crippen LogP contribution is -2.20. The standard InChI is InChI=1S/C17H18FN3O/c1-21(2)10-9-19-14-7-8-16-15(11-14)20-17(22-16)12-3-5-13(18)6-4-12/h3-8,11,19H,9-10H2,1-2H3. The molecule has 0 radical (unpaired) electrons. The van der Waals surface area contributed by atoms with Crippen molar-refractivity contribution in [3.8, 4) is 11.5 Å². The van der Waals surface area contributed by atoms with Gasteiger partial charge in [0.2, 0.25) is 5.89 Å². The van der Waals surface area contributed by atoms with Gasteiger partial charge in [-0.3, -0.25) is 0 Å². The predicted molar refractivity (Wildman–Crippen MR) is 86.4 cm³/mol. The van der Waals surface area contributed by atoms with Crippen LogP contribution in [-0.2, 0) is 0 Å². The Bertz CT molecular complexity index is 765. The molecule has 0 aliphatic rings. The number of benzene rings is 2. The Balaban J connectivity index is 1.82. The lowest BCUT2D eigenvalue weighted by molar-refractivity contribution is 0.425. The second-order valence-electron chi connectivity index (χ2n) is 5.44. The van der Waals surface area contributed by atoms with Crippen molar-refractivity contribution in [3.63, 3.8) is 0 Å². The average Bonchev–Trinajstić information content (AvgIpc) is 2.90. The first-order chi connectivity index (χ1) is 10.6. The maximum atomic E-state index is 13.0. The normalized spacial score (nSPS) is 11.3. The topological polar surface area (TPSA) is 41.3 Å². The Morgan fingerprint density at radius 3 is 2.64 bits per heavy atom. The summed E-state index contributed by atoms with van der Waals surface area (Å²) in [6.07, 6.45) is 0. The molecule has 5 heteroatoms. The number of anilines is 1. The van der Waals surface area contributed by atoms with E-state index in [0.717, 1.165) is 35.4 Å². The number of rotatable bonds is 5. The first-order valence-corrected chi connectivity index (χ1v) is 7.17. The fourth-order valence-electron chi connectivity index (χ4n) is 2.18. The fourth-order valence-corrected chi connectivity index (χ4v) is 2.18. The van der Waals surface area contributed by atoms with Crippen LogP contribution >= 0.6 is 0 Å². The van der Waals surface area contributed by atoms with Crippen molar-refractivity contribution in [2.45, 2.75) is 0 Å². The first kappa shape index (κ1) is 14.5. The van der Waals surface area contributed by atoms with Crippen LogP contribution in [-0.4, -0.2) is 37.1 Å². The number of halogens is 1. The molecule has 0 unspecified atom stereocenters. The van der Waals surface area contributed by atoms with Gasteiger partial charge in [0.15, 0.2) is 5.58 Å². The van der Waals surface area contributed by atoms with E-state index in [-0.39, 0.29) is 5.82 Å². The van der Waals surface area contributed by atoms with Crippen LogP contribution < -0.4 is 5.32 Å². The summed E-state index contributed by atoms with van der Waals surface area (Å²) < 4.78 is 18.7. The summed E-state index contributed by atoms with van der Waals surface area (Å²) in [6.45, 7) is 1.82. The van der Waals surface area contributed by atoms with Crippen molar-refractivity contribution < 1.29 is 8.81 Å². The minimum Gasteiger partial charge on any atom is -0.436 e. The molecule has 114 valence electrons. The predicted octanol–water partition coefficient (Wildman–Crippen LogP) is 3.61. The highest BCUT2D eigenvalue weighted by molar-refractivity contribution is 5.80. The summed E-state index contributed by atoms with van der Waals surface area (Å²) >= 11 is 0. The quantitative estimate of drug-likeness (QED) is 0.781. The van der Waals surface area contributed by atoms with Crippen molar-refractivity contribution >= 4 is 16.8 Å². The highest BCUT2D eigenvalue weighted by atomic mass is 19.1. The van der Waals surface area contributed by atoms with Crippen molar-refractivity contribution in [2.24, 2.45) is 0 Å². The minimum absolute atomic E-state index is 0.271. The van der Waals surface area contributed by atoms with E-state index in [2.05, 4.69) is 15.2 Å². The molecule has 3 aromatic rings. The van der Waals surface area contributed by atoms with Crippen molar-refractivity contribution in [1.29, 1.82) is 0 Å². The highest BCUT2D eigenvalue weighted by Crippen LogP contribution is 2.26. The second-order valence-corrected chi connectivity index (χ2v) is 5.44. The maximum Gasteiger partial charge on any atom is 0.227 e. The fraction of sp³-hybridized carbons (Fsp3) is 0.235. The van der Waals surface area contributed by atoms with Crippen molar-refractivity contribution in [2.75, 3.05) is 32.5 Å². The molecule has 0 saturated carbocycles. The summed E-state index contributed by atoms with van der Waals surface area (Å²) in [4.78, 5) is 6.60. The third-order valence-corrected chi connectivity index (χ3v) is 3.37. The third kappa shape index (κ3) is 3.26. The molecule has 1 N–H and O–H groups in total. The molecular formula is C17H18FN3O. The molecule has 1 heterocycles. The Morgan fingerprint density at radius 1 is 1.14 bits per heavy atom. The molecule has 0 saturated heterocycles. The number of fused-ring (bicyclic) bond motifs is 1. The summed E-state index contributed by atoms with van der Waals surface area (Å²) in [5, 5.41) is 3.35. The average molecular weight is 299 g/mol. The number of likely N-dealkylation sites (N-methyl/N-ethyl adjacent to an activating group) is 1. The van der Waals surface area contributed by atoms with E-state index in [0.29, 0.717) is 5.89 Å². The van der Waals surface area contributed by atoms with Crippen molar-refractivity contribution in [1.82, 2.24) is 9.88 Å². The van der Waals surface area contributed by atoms with Crippen LogP contribution in [0.3, 0.4) is 0 Å².